The lowest BCUT2D eigenvalue weighted by atomic mass is 9.94. The van der Waals surface area contributed by atoms with Crippen LogP contribution in [0.5, 0.6) is 5.75 Å². The molecule has 4 nitrogen and oxygen atoms in total. The van der Waals surface area contributed by atoms with Crippen molar-refractivity contribution in [2.45, 2.75) is 18.9 Å². The summed E-state index contributed by atoms with van der Waals surface area (Å²) in [5, 5.41) is 7.00. The highest BCUT2D eigenvalue weighted by Gasteiger charge is 2.28. The lowest BCUT2D eigenvalue weighted by Crippen LogP contribution is -2.48. The van der Waals surface area contributed by atoms with Gasteiger partial charge < -0.3 is 15.4 Å². The summed E-state index contributed by atoms with van der Waals surface area (Å²) in [5.74, 6) is 1.85. The molecule has 116 valence electrons. The molecule has 0 aliphatic carbocycles. The van der Waals surface area contributed by atoms with E-state index in [-0.39, 0.29) is 0 Å². The molecular weight excluding hydrogens is 262 g/mol. The maximum absolute atomic E-state index is 5.57. The van der Waals surface area contributed by atoms with E-state index in [0.717, 1.165) is 31.3 Å². The number of para-hydroxylation sites is 1. The van der Waals surface area contributed by atoms with Crippen molar-refractivity contribution >= 4 is 0 Å². The van der Waals surface area contributed by atoms with Crippen LogP contribution in [-0.4, -0.2) is 51.3 Å². The molecule has 0 radical (unpaired) electrons. The third-order valence-corrected chi connectivity index (χ3v) is 4.80. The van der Waals surface area contributed by atoms with Crippen LogP contribution in [0.4, 0.5) is 0 Å². The Labute approximate surface area is 127 Å². The molecule has 3 rings (SSSR count). The number of rotatable bonds is 4. The van der Waals surface area contributed by atoms with E-state index in [0.29, 0.717) is 6.04 Å². The van der Waals surface area contributed by atoms with E-state index in [9.17, 15) is 0 Å². The minimum atomic E-state index is 0.435. The lowest BCUT2D eigenvalue weighted by molar-refractivity contribution is 0.124. The Morgan fingerprint density at radius 3 is 2.76 bits per heavy atom. The first-order chi connectivity index (χ1) is 10.4. The van der Waals surface area contributed by atoms with Gasteiger partial charge in [0.2, 0.25) is 0 Å². The van der Waals surface area contributed by atoms with Crippen molar-refractivity contribution < 1.29 is 4.74 Å². The Morgan fingerprint density at radius 2 is 1.95 bits per heavy atom. The first-order valence-corrected chi connectivity index (χ1v) is 8.17. The lowest BCUT2D eigenvalue weighted by Gasteiger charge is -2.39. The predicted molar refractivity (Wildman–Crippen MR) is 85.8 cm³/mol. The van der Waals surface area contributed by atoms with E-state index >= 15 is 0 Å². The molecule has 21 heavy (non-hydrogen) atoms. The van der Waals surface area contributed by atoms with Gasteiger partial charge in [-0.25, -0.2) is 0 Å². The van der Waals surface area contributed by atoms with Crippen LogP contribution in [0.1, 0.15) is 24.4 Å². The third-order valence-electron chi connectivity index (χ3n) is 4.80. The third kappa shape index (κ3) is 3.57. The topological polar surface area (TPSA) is 36.5 Å². The number of methoxy groups -OCH3 is 1. The zero-order valence-electron chi connectivity index (χ0n) is 13.0. The Kier molecular flexibility index (Phi) is 5.12. The van der Waals surface area contributed by atoms with Crippen LogP contribution < -0.4 is 15.4 Å². The second kappa shape index (κ2) is 7.25. The summed E-state index contributed by atoms with van der Waals surface area (Å²) in [6.45, 7) is 6.81. The van der Waals surface area contributed by atoms with E-state index in [1.165, 1.54) is 38.0 Å². The zero-order valence-corrected chi connectivity index (χ0v) is 13.0. The van der Waals surface area contributed by atoms with Crippen LogP contribution in [0.3, 0.4) is 0 Å². The first kappa shape index (κ1) is 14.8. The molecule has 0 amide bonds. The van der Waals surface area contributed by atoms with Gasteiger partial charge in [0.05, 0.1) is 13.2 Å². The van der Waals surface area contributed by atoms with Crippen LogP contribution in [0.25, 0.3) is 0 Å². The van der Waals surface area contributed by atoms with Crippen LogP contribution >= 0.6 is 0 Å². The van der Waals surface area contributed by atoms with Crippen molar-refractivity contribution in [2.24, 2.45) is 5.92 Å². The Bertz CT molecular complexity index is 445. The number of piperidine rings is 1. The summed E-state index contributed by atoms with van der Waals surface area (Å²) in [4.78, 5) is 2.66. The van der Waals surface area contributed by atoms with Gasteiger partial charge in [-0.15, -0.1) is 0 Å². The van der Waals surface area contributed by atoms with Gasteiger partial charge in [-0.1, -0.05) is 18.2 Å². The average Bonchev–Trinajstić information content (AvgIpc) is 2.56. The number of nitrogens with zero attached hydrogens (tertiary/aromatic N) is 1. The van der Waals surface area contributed by atoms with E-state index < -0.39 is 0 Å². The monoisotopic (exact) mass is 289 g/mol. The van der Waals surface area contributed by atoms with E-state index in [1.807, 2.05) is 0 Å². The minimum Gasteiger partial charge on any atom is -0.496 e. The highest BCUT2D eigenvalue weighted by Crippen LogP contribution is 2.31. The summed E-state index contributed by atoms with van der Waals surface area (Å²) in [6.07, 6.45) is 2.62. The average molecular weight is 289 g/mol. The number of nitrogens with one attached hydrogen (secondary N) is 2. The fraction of sp³-hybridized carbons (Fsp3) is 0.647. The number of piperazine rings is 1. The van der Waals surface area contributed by atoms with Crippen molar-refractivity contribution in [1.29, 1.82) is 0 Å². The van der Waals surface area contributed by atoms with Gasteiger partial charge in [0.15, 0.2) is 0 Å². The van der Waals surface area contributed by atoms with Gasteiger partial charge in [-0.05, 0) is 37.9 Å². The van der Waals surface area contributed by atoms with Crippen molar-refractivity contribution in [3.05, 3.63) is 29.8 Å². The Morgan fingerprint density at radius 1 is 1.14 bits per heavy atom. The van der Waals surface area contributed by atoms with Gasteiger partial charge in [0.25, 0.3) is 0 Å². The molecule has 2 heterocycles. The fourth-order valence-corrected chi connectivity index (χ4v) is 3.61. The van der Waals surface area contributed by atoms with Crippen molar-refractivity contribution in [3.8, 4) is 5.75 Å². The van der Waals surface area contributed by atoms with E-state index in [2.05, 4.69) is 39.8 Å². The SMILES string of the molecule is COc1ccccc1C1CNCCN1CC1CCNCC1. The summed E-state index contributed by atoms with van der Waals surface area (Å²) in [5.41, 5.74) is 1.32. The molecule has 4 heteroatoms. The van der Waals surface area contributed by atoms with Crippen LogP contribution in [0.15, 0.2) is 24.3 Å². The molecule has 0 spiro atoms. The standard InChI is InChI=1S/C17H27N3O/c1-21-17-5-3-2-4-15(17)16-12-19-10-11-20(16)13-14-6-8-18-9-7-14/h2-5,14,16,18-19H,6-13H2,1H3. The minimum absolute atomic E-state index is 0.435. The van der Waals surface area contributed by atoms with Crippen LogP contribution in [0, 0.1) is 5.92 Å². The second-order valence-electron chi connectivity index (χ2n) is 6.15. The molecule has 1 atom stereocenters. The molecule has 2 fully saturated rings. The van der Waals surface area contributed by atoms with Gasteiger partial charge in [-0.2, -0.15) is 0 Å². The first-order valence-electron chi connectivity index (χ1n) is 8.17. The molecule has 2 N–H and O–H groups in total. The van der Waals surface area contributed by atoms with Crippen LogP contribution in [-0.2, 0) is 0 Å². The predicted octanol–water partition coefficient (Wildman–Crippen LogP) is 1.64. The highest BCUT2D eigenvalue weighted by atomic mass is 16.5. The Balaban J connectivity index is 1.74. The van der Waals surface area contributed by atoms with E-state index in [1.54, 1.807) is 7.11 Å². The van der Waals surface area contributed by atoms with E-state index in [4.69, 9.17) is 4.74 Å². The molecule has 0 saturated carbocycles. The molecule has 2 saturated heterocycles. The molecule has 2 aliphatic rings. The van der Waals surface area contributed by atoms with Crippen molar-refractivity contribution in [2.75, 3.05) is 46.4 Å². The zero-order chi connectivity index (χ0) is 14.5. The number of hydrogen-bond acceptors (Lipinski definition) is 4. The normalized spacial score (nSPS) is 24.9. The number of ether oxygens (including phenoxy) is 1. The smallest absolute Gasteiger partial charge is 0.123 e. The highest BCUT2D eigenvalue weighted by molar-refractivity contribution is 5.36. The summed E-state index contributed by atoms with van der Waals surface area (Å²) in [7, 11) is 1.77. The second-order valence-corrected chi connectivity index (χ2v) is 6.15. The maximum Gasteiger partial charge on any atom is 0.123 e. The molecule has 1 unspecified atom stereocenters. The quantitative estimate of drug-likeness (QED) is 0.883. The van der Waals surface area contributed by atoms with Crippen molar-refractivity contribution in [1.82, 2.24) is 15.5 Å². The molecular formula is C17H27N3O. The fourth-order valence-electron chi connectivity index (χ4n) is 3.61. The summed E-state index contributed by atoms with van der Waals surface area (Å²) < 4.78 is 5.57. The van der Waals surface area contributed by atoms with Gasteiger partial charge >= 0.3 is 0 Å². The summed E-state index contributed by atoms with van der Waals surface area (Å²) >= 11 is 0. The van der Waals surface area contributed by atoms with Crippen LogP contribution in [0.2, 0.25) is 0 Å². The molecule has 0 bridgehead atoms. The molecule has 1 aromatic rings. The molecule has 1 aromatic carbocycles. The molecule has 0 aromatic heterocycles. The Hall–Kier alpha value is -1.10. The number of benzene rings is 1. The number of hydrogen-bond donors (Lipinski definition) is 2. The summed E-state index contributed by atoms with van der Waals surface area (Å²) in [6, 6.07) is 8.90. The van der Waals surface area contributed by atoms with Gasteiger partial charge in [-0.3, -0.25) is 4.90 Å². The molecule has 2 aliphatic heterocycles. The maximum atomic E-state index is 5.57. The van der Waals surface area contributed by atoms with Crippen molar-refractivity contribution in [3.63, 3.8) is 0 Å². The van der Waals surface area contributed by atoms with Gasteiger partial charge in [0.1, 0.15) is 5.75 Å². The van der Waals surface area contributed by atoms with Gasteiger partial charge in [0, 0.05) is 31.7 Å². The largest absolute Gasteiger partial charge is 0.496 e.